The molecule has 27 heavy (non-hydrogen) atoms. The number of hydrogen-bond acceptors (Lipinski definition) is 3. The van der Waals surface area contributed by atoms with Crippen molar-refractivity contribution in [1.29, 1.82) is 0 Å². The van der Waals surface area contributed by atoms with E-state index in [9.17, 15) is 4.79 Å². The van der Waals surface area contributed by atoms with Gasteiger partial charge in [-0.05, 0) is 56.0 Å². The van der Waals surface area contributed by atoms with E-state index in [4.69, 9.17) is 4.74 Å². The molecule has 0 spiro atoms. The van der Waals surface area contributed by atoms with E-state index < -0.39 is 0 Å². The van der Waals surface area contributed by atoms with Gasteiger partial charge in [-0.25, -0.2) is 4.79 Å². The Kier molecular flexibility index (Phi) is 6.71. The van der Waals surface area contributed by atoms with Gasteiger partial charge in [-0.15, -0.1) is 0 Å². The van der Waals surface area contributed by atoms with Gasteiger partial charge in [-0.3, -0.25) is 0 Å². The number of nitrogens with one attached hydrogen (secondary N) is 2. The Morgan fingerprint density at radius 3 is 2.59 bits per heavy atom. The van der Waals surface area contributed by atoms with Crippen molar-refractivity contribution in [3.8, 4) is 5.75 Å². The lowest BCUT2D eigenvalue weighted by Gasteiger charge is -2.34. The minimum absolute atomic E-state index is 0.0101. The van der Waals surface area contributed by atoms with Crippen molar-refractivity contribution in [2.45, 2.75) is 38.3 Å². The molecule has 0 radical (unpaired) electrons. The van der Waals surface area contributed by atoms with Crippen LogP contribution in [0, 0.1) is 0 Å². The number of carbonyl (C=O) groups is 1. The van der Waals surface area contributed by atoms with Crippen LogP contribution < -0.4 is 15.4 Å². The van der Waals surface area contributed by atoms with Crippen LogP contribution in [0.5, 0.6) is 5.75 Å². The molecule has 0 bridgehead atoms. The number of urea groups is 1. The molecular formula is C22H29N3O2. The van der Waals surface area contributed by atoms with Gasteiger partial charge < -0.3 is 20.3 Å². The van der Waals surface area contributed by atoms with Crippen LogP contribution in [0.25, 0.3) is 0 Å². The number of benzene rings is 2. The Labute approximate surface area is 161 Å². The Bertz CT molecular complexity index is 727. The van der Waals surface area contributed by atoms with Crippen molar-refractivity contribution in [3.05, 3.63) is 60.2 Å². The molecule has 1 aliphatic rings. The van der Waals surface area contributed by atoms with E-state index in [1.54, 1.807) is 7.11 Å². The van der Waals surface area contributed by atoms with Crippen LogP contribution in [-0.4, -0.2) is 43.2 Å². The third kappa shape index (κ3) is 5.73. The predicted octanol–water partition coefficient (Wildman–Crippen LogP) is 3.91. The van der Waals surface area contributed by atoms with Crippen molar-refractivity contribution in [2.75, 3.05) is 25.5 Å². The summed E-state index contributed by atoms with van der Waals surface area (Å²) in [6.07, 6.45) is 2.92. The highest BCUT2D eigenvalue weighted by molar-refractivity contribution is 5.89. The zero-order valence-electron chi connectivity index (χ0n) is 16.2. The first-order valence-electron chi connectivity index (χ1n) is 9.64. The first kappa shape index (κ1) is 19.2. The molecule has 1 heterocycles. The smallest absolute Gasteiger partial charge is 0.321 e. The van der Waals surface area contributed by atoms with Gasteiger partial charge in [0.05, 0.1) is 7.11 Å². The number of nitrogens with zero attached hydrogens (tertiary/aromatic N) is 1. The number of piperidine rings is 1. The minimum Gasteiger partial charge on any atom is -0.497 e. The standard InChI is InChI=1S/C22H29N3O2/c1-17(15-18-7-6-10-21(16-18)27-2)23-20-11-13-25(14-12-20)22(26)24-19-8-4-3-5-9-19/h3-10,16-17,20,23H,11-15H2,1-2H3,(H,24,26)/t17-/m1/s1. The fourth-order valence-corrected chi connectivity index (χ4v) is 3.59. The maximum Gasteiger partial charge on any atom is 0.321 e. The van der Waals surface area contributed by atoms with Crippen molar-refractivity contribution in [1.82, 2.24) is 10.2 Å². The largest absolute Gasteiger partial charge is 0.497 e. The summed E-state index contributed by atoms with van der Waals surface area (Å²) in [6, 6.07) is 18.7. The molecule has 1 atom stereocenters. The van der Waals surface area contributed by atoms with Crippen molar-refractivity contribution in [2.24, 2.45) is 0 Å². The molecule has 5 nitrogen and oxygen atoms in total. The lowest BCUT2D eigenvalue weighted by molar-refractivity contribution is 0.186. The number of hydrogen-bond donors (Lipinski definition) is 2. The third-order valence-electron chi connectivity index (χ3n) is 5.00. The van der Waals surface area contributed by atoms with Gasteiger partial charge in [0.15, 0.2) is 0 Å². The Balaban J connectivity index is 1.42. The minimum atomic E-state index is -0.0101. The maximum atomic E-state index is 12.4. The summed E-state index contributed by atoms with van der Waals surface area (Å²) in [5, 5.41) is 6.68. The molecule has 2 aromatic rings. The van der Waals surface area contributed by atoms with Crippen LogP contribution in [0.3, 0.4) is 0 Å². The van der Waals surface area contributed by atoms with Crippen molar-refractivity contribution >= 4 is 11.7 Å². The second-order valence-electron chi connectivity index (χ2n) is 7.18. The van der Waals surface area contributed by atoms with Crippen LogP contribution >= 0.6 is 0 Å². The lowest BCUT2D eigenvalue weighted by Crippen LogP contribution is -2.48. The zero-order valence-corrected chi connectivity index (χ0v) is 16.2. The van der Waals surface area contributed by atoms with Crippen LogP contribution in [0.2, 0.25) is 0 Å². The van der Waals surface area contributed by atoms with Gasteiger partial charge in [-0.2, -0.15) is 0 Å². The van der Waals surface area contributed by atoms with Gasteiger partial charge in [-0.1, -0.05) is 30.3 Å². The van der Waals surface area contributed by atoms with Gasteiger partial charge in [0.1, 0.15) is 5.75 Å². The second-order valence-corrected chi connectivity index (χ2v) is 7.18. The molecular weight excluding hydrogens is 338 g/mol. The van der Waals surface area contributed by atoms with E-state index in [1.807, 2.05) is 47.4 Å². The third-order valence-corrected chi connectivity index (χ3v) is 5.00. The highest BCUT2D eigenvalue weighted by atomic mass is 16.5. The summed E-state index contributed by atoms with van der Waals surface area (Å²) in [6.45, 7) is 3.78. The van der Waals surface area contributed by atoms with Crippen molar-refractivity contribution < 1.29 is 9.53 Å². The molecule has 3 rings (SSSR count). The van der Waals surface area contributed by atoms with Crippen LogP contribution in [0.4, 0.5) is 10.5 Å². The number of likely N-dealkylation sites (tertiary alicyclic amines) is 1. The number of methoxy groups -OCH3 is 1. The van der Waals surface area contributed by atoms with Crippen LogP contribution in [0.1, 0.15) is 25.3 Å². The number of anilines is 1. The average molecular weight is 367 g/mol. The Morgan fingerprint density at radius 2 is 1.89 bits per heavy atom. The summed E-state index contributed by atoms with van der Waals surface area (Å²) < 4.78 is 5.30. The van der Waals surface area contributed by atoms with Crippen LogP contribution in [0.15, 0.2) is 54.6 Å². The van der Waals surface area contributed by atoms with Gasteiger partial charge >= 0.3 is 6.03 Å². The summed E-state index contributed by atoms with van der Waals surface area (Å²) in [7, 11) is 1.70. The molecule has 1 aliphatic heterocycles. The zero-order chi connectivity index (χ0) is 19.1. The second kappa shape index (κ2) is 9.42. The molecule has 2 aromatic carbocycles. The molecule has 2 amide bonds. The molecule has 0 aromatic heterocycles. The van der Waals surface area contributed by atoms with E-state index in [1.165, 1.54) is 5.56 Å². The number of ether oxygens (including phenoxy) is 1. The number of para-hydroxylation sites is 1. The molecule has 2 N–H and O–H groups in total. The predicted molar refractivity (Wildman–Crippen MR) is 109 cm³/mol. The number of amides is 2. The van der Waals surface area contributed by atoms with E-state index >= 15 is 0 Å². The topological polar surface area (TPSA) is 53.6 Å². The highest BCUT2D eigenvalue weighted by Crippen LogP contribution is 2.16. The summed E-state index contributed by atoms with van der Waals surface area (Å²) in [5.74, 6) is 0.900. The van der Waals surface area contributed by atoms with Gasteiger partial charge in [0, 0.05) is 30.9 Å². The summed E-state index contributed by atoms with van der Waals surface area (Å²) in [5.41, 5.74) is 2.11. The van der Waals surface area contributed by atoms with Crippen molar-refractivity contribution in [3.63, 3.8) is 0 Å². The molecule has 0 saturated carbocycles. The maximum absolute atomic E-state index is 12.4. The SMILES string of the molecule is COc1cccc(C[C@@H](C)NC2CCN(C(=O)Nc3ccccc3)CC2)c1. The summed E-state index contributed by atoms with van der Waals surface area (Å²) >= 11 is 0. The van der Waals surface area contributed by atoms with E-state index in [0.717, 1.165) is 43.8 Å². The molecule has 0 unspecified atom stereocenters. The molecule has 5 heteroatoms. The van der Waals surface area contributed by atoms with Crippen LogP contribution in [-0.2, 0) is 6.42 Å². The number of rotatable bonds is 6. The quantitative estimate of drug-likeness (QED) is 0.814. The number of carbonyl (C=O) groups excluding carboxylic acids is 1. The van der Waals surface area contributed by atoms with E-state index in [2.05, 4.69) is 29.7 Å². The Morgan fingerprint density at radius 1 is 1.15 bits per heavy atom. The lowest BCUT2D eigenvalue weighted by atomic mass is 10.0. The molecule has 1 saturated heterocycles. The van der Waals surface area contributed by atoms with E-state index in [-0.39, 0.29) is 6.03 Å². The van der Waals surface area contributed by atoms with E-state index in [0.29, 0.717) is 12.1 Å². The molecule has 144 valence electrons. The van der Waals surface area contributed by atoms with Gasteiger partial charge in [0.25, 0.3) is 0 Å². The first-order chi connectivity index (χ1) is 13.1. The first-order valence-corrected chi connectivity index (χ1v) is 9.64. The fourth-order valence-electron chi connectivity index (χ4n) is 3.59. The normalized spacial score (nSPS) is 16.0. The molecule has 0 aliphatic carbocycles. The summed E-state index contributed by atoms with van der Waals surface area (Å²) in [4.78, 5) is 14.3. The Hall–Kier alpha value is -2.53. The van der Waals surface area contributed by atoms with Gasteiger partial charge in [0.2, 0.25) is 0 Å². The highest BCUT2D eigenvalue weighted by Gasteiger charge is 2.23. The average Bonchev–Trinajstić information content (AvgIpc) is 2.69. The fraction of sp³-hybridized carbons (Fsp3) is 0.409. The monoisotopic (exact) mass is 367 g/mol. The molecule has 1 fully saturated rings.